The molecular formula is C6H9N3O2. The van der Waals surface area contributed by atoms with Gasteiger partial charge in [0.15, 0.2) is 0 Å². The van der Waals surface area contributed by atoms with Gasteiger partial charge in [-0.1, -0.05) is 0 Å². The summed E-state index contributed by atoms with van der Waals surface area (Å²) in [4.78, 5) is 22.6. The van der Waals surface area contributed by atoms with E-state index in [9.17, 15) is 9.59 Å². The van der Waals surface area contributed by atoms with Gasteiger partial charge in [-0.15, -0.1) is 0 Å². The van der Waals surface area contributed by atoms with Crippen molar-refractivity contribution < 1.29 is 9.59 Å². The van der Waals surface area contributed by atoms with E-state index in [0.717, 1.165) is 0 Å². The smallest absolute Gasteiger partial charge is 0.321 e. The molecule has 0 aromatic rings. The number of nitrogens with zero attached hydrogens (tertiary/aromatic N) is 1. The van der Waals surface area contributed by atoms with Crippen molar-refractivity contribution in [2.75, 3.05) is 13.6 Å². The maximum atomic E-state index is 10.8. The molecule has 0 aliphatic carbocycles. The Hall–Kier alpha value is -1.52. The predicted molar refractivity (Wildman–Crippen MR) is 38.4 cm³/mol. The van der Waals surface area contributed by atoms with Gasteiger partial charge in [-0.25, -0.2) is 4.79 Å². The molecule has 0 radical (unpaired) electrons. The second kappa shape index (κ2) is 2.61. The highest BCUT2D eigenvalue weighted by Gasteiger charge is 2.16. The fourth-order valence-electron chi connectivity index (χ4n) is 0.784. The lowest BCUT2D eigenvalue weighted by molar-refractivity contribution is -0.114. The number of hydrogen-bond acceptors (Lipinski definition) is 2. The summed E-state index contributed by atoms with van der Waals surface area (Å²) < 4.78 is 0. The third-order valence-electron chi connectivity index (χ3n) is 1.42. The van der Waals surface area contributed by atoms with Crippen LogP contribution in [-0.2, 0) is 4.79 Å². The van der Waals surface area contributed by atoms with E-state index in [2.05, 4.69) is 5.32 Å². The second-order valence-corrected chi connectivity index (χ2v) is 2.29. The fraction of sp³-hybridized carbons (Fsp3) is 0.333. The highest BCUT2D eigenvalue weighted by Crippen LogP contribution is 2.00. The molecular weight excluding hydrogens is 146 g/mol. The minimum atomic E-state index is -0.503. The van der Waals surface area contributed by atoms with Crippen molar-refractivity contribution in [3.05, 3.63) is 11.8 Å². The van der Waals surface area contributed by atoms with Crippen LogP contribution in [0.1, 0.15) is 0 Å². The van der Waals surface area contributed by atoms with E-state index >= 15 is 0 Å². The van der Waals surface area contributed by atoms with Crippen LogP contribution in [0.5, 0.6) is 0 Å². The van der Waals surface area contributed by atoms with Crippen LogP contribution in [-0.4, -0.2) is 30.4 Å². The Morgan fingerprint density at radius 2 is 2.45 bits per heavy atom. The number of nitrogens with one attached hydrogen (secondary N) is 1. The van der Waals surface area contributed by atoms with Crippen molar-refractivity contribution in [1.82, 2.24) is 10.2 Å². The van der Waals surface area contributed by atoms with Crippen LogP contribution in [0.2, 0.25) is 0 Å². The predicted octanol–water partition coefficient (Wildman–Crippen LogP) is -0.989. The number of urea groups is 1. The van der Waals surface area contributed by atoms with Crippen LogP contribution in [0, 0.1) is 0 Å². The molecule has 3 N–H and O–H groups in total. The number of primary amides is 1. The van der Waals surface area contributed by atoms with Crippen molar-refractivity contribution in [1.29, 1.82) is 0 Å². The van der Waals surface area contributed by atoms with E-state index in [-0.39, 0.29) is 12.6 Å². The normalized spacial score (nSPS) is 17.4. The monoisotopic (exact) mass is 155 g/mol. The Bertz CT molecular complexity index is 234. The number of nitrogens with two attached hydrogens (primary N) is 1. The molecule has 0 fully saturated rings. The quantitative estimate of drug-likeness (QED) is 0.510. The first-order valence-corrected chi connectivity index (χ1v) is 3.12. The maximum absolute atomic E-state index is 10.8. The van der Waals surface area contributed by atoms with E-state index in [1.54, 1.807) is 7.05 Å². The molecule has 5 nitrogen and oxygen atoms in total. The third kappa shape index (κ3) is 1.49. The summed E-state index contributed by atoms with van der Waals surface area (Å²) in [5.41, 5.74) is 5.40. The summed E-state index contributed by atoms with van der Waals surface area (Å²) in [5.74, 6) is -0.503. The summed E-state index contributed by atoms with van der Waals surface area (Å²) in [5, 5.41) is 2.48. The van der Waals surface area contributed by atoms with Crippen LogP contribution in [0.15, 0.2) is 11.8 Å². The number of hydrogen-bond donors (Lipinski definition) is 2. The van der Waals surface area contributed by atoms with Crippen molar-refractivity contribution in [2.24, 2.45) is 5.73 Å². The number of carbonyl (C=O) groups excluding carboxylic acids is 2. The highest BCUT2D eigenvalue weighted by molar-refractivity contribution is 5.94. The lowest BCUT2D eigenvalue weighted by atomic mass is 10.2. The number of rotatable bonds is 1. The Labute approximate surface area is 63.8 Å². The Kier molecular flexibility index (Phi) is 1.80. The van der Waals surface area contributed by atoms with Crippen molar-refractivity contribution >= 4 is 11.9 Å². The molecule has 1 heterocycles. The van der Waals surface area contributed by atoms with Gasteiger partial charge in [-0.3, -0.25) is 4.79 Å². The summed E-state index contributed by atoms with van der Waals surface area (Å²) in [6.07, 6.45) is 1.43. The molecule has 0 aromatic carbocycles. The molecule has 11 heavy (non-hydrogen) atoms. The van der Waals surface area contributed by atoms with Crippen molar-refractivity contribution in [2.45, 2.75) is 0 Å². The average molecular weight is 155 g/mol. The molecule has 60 valence electrons. The Morgan fingerprint density at radius 3 is 2.91 bits per heavy atom. The molecule has 3 amide bonds. The van der Waals surface area contributed by atoms with Gasteiger partial charge in [0, 0.05) is 13.2 Å². The van der Waals surface area contributed by atoms with Crippen LogP contribution in [0.3, 0.4) is 0 Å². The number of amides is 3. The Balaban J connectivity index is 2.79. The van der Waals surface area contributed by atoms with E-state index in [1.807, 2.05) is 0 Å². The van der Waals surface area contributed by atoms with Crippen molar-refractivity contribution in [3.63, 3.8) is 0 Å². The molecule has 1 aliphatic rings. The molecule has 0 atom stereocenters. The first-order valence-electron chi connectivity index (χ1n) is 3.12. The lowest BCUT2D eigenvalue weighted by Gasteiger charge is -2.20. The Morgan fingerprint density at radius 1 is 1.82 bits per heavy atom. The van der Waals surface area contributed by atoms with E-state index < -0.39 is 5.91 Å². The van der Waals surface area contributed by atoms with Gasteiger partial charge in [0.2, 0.25) is 5.91 Å². The summed E-state index contributed by atoms with van der Waals surface area (Å²) in [6.45, 7) is 0.221. The maximum Gasteiger partial charge on any atom is 0.321 e. The molecule has 0 unspecified atom stereocenters. The minimum absolute atomic E-state index is 0.221. The van der Waals surface area contributed by atoms with Gasteiger partial charge in [0.25, 0.3) is 0 Å². The largest absolute Gasteiger partial charge is 0.366 e. The summed E-state index contributed by atoms with van der Waals surface area (Å²) in [7, 11) is 1.55. The molecule has 0 saturated heterocycles. The van der Waals surface area contributed by atoms with Crippen molar-refractivity contribution in [3.8, 4) is 0 Å². The molecule has 0 spiro atoms. The fourth-order valence-corrected chi connectivity index (χ4v) is 0.784. The summed E-state index contributed by atoms with van der Waals surface area (Å²) in [6, 6.07) is -0.227. The van der Waals surface area contributed by atoms with Crippen LogP contribution in [0.4, 0.5) is 4.79 Å². The standard InChI is InChI=1S/C6H9N3O2/c1-9-3-4(5(7)10)2-8-6(9)11/h3H,2H2,1H3,(H2,7,10)(H,8,11). The number of carbonyl (C=O) groups is 2. The average Bonchev–Trinajstić information content (AvgIpc) is 1.94. The van der Waals surface area contributed by atoms with Gasteiger partial charge in [-0.2, -0.15) is 0 Å². The first kappa shape index (κ1) is 7.59. The summed E-state index contributed by atoms with van der Waals surface area (Å²) >= 11 is 0. The topological polar surface area (TPSA) is 75.4 Å². The van der Waals surface area contributed by atoms with Gasteiger partial charge in [0.05, 0.1) is 12.1 Å². The third-order valence-corrected chi connectivity index (χ3v) is 1.42. The van der Waals surface area contributed by atoms with E-state index in [4.69, 9.17) is 5.73 Å². The molecule has 5 heteroatoms. The molecule has 1 aliphatic heterocycles. The zero-order valence-corrected chi connectivity index (χ0v) is 6.13. The lowest BCUT2D eigenvalue weighted by Crippen LogP contribution is -2.42. The highest BCUT2D eigenvalue weighted by atomic mass is 16.2. The first-order chi connectivity index (χ1) is 5.11. The van der Waals surface area contributed by atoms with E-state index in [1.165, 1.54) is 11.1 Å². The van der Waals surface area contributed by atoms with E-state index in [0.29, 0.717) is 5.57 Å². The second-order valence-electron chi connectivity index (χ2n) is 2.29. The zero-order chi connectivity index (χ0) is 8.43. The van der Waals surface area contributed by atoms with Gasteiger partial charge in [-0.05, 0) is 0 Å². The van der Waals surface area contributed by atoms with Gasteiger partial charge < -0.3 is 16.0 Å². The molecule has 0 bridgehead atoms. The molecule has 0 saturated carbocycles. The minimum Gasteiger partial charge on any atom is -0.366 e. The van der Waals surface area contributed by atoms with Crippen LogP contribution >= 0.6 is 0 Å². The van der Waals surface area contributed by atoms with Crippen LogP contribution < -0.4 is 11.1 Å². The van der Waals surface area contributed by atoms with Crippen LogP contribution in [0.25, 0.3) is 0 Å². The van der Waals surface area contributed by atoms with Gasteiger partial charge in [0.1, 0.15) is 0 Å². The van der Waals surface area contributed by atoms with Gasteiger partial charge >= 0.3 is 6.03 Å². The molecule has 1 rings (SSSR count). The molecule has 0 aromatic heterocycles. The SMILES string of the molecule is CN1C=C(C(N)=O)CNC1=O. The zero-order valence-electron chi connectivity index (χ0n) is 6.13.